The summed E-state index contributed by atoms with van der Waals surface area (Å²) in [7, 11) is 2.63. The topological polar surface area (TPSA) is 107 Å². The molecule has 9 nitrogen and oxygen atoms in total. The van der Waals surface area contributed by atoms with E-state index >= 15 is 0 Å². The van der Waals surface area contributed by atoms with Crippen LogP contribution < -0.4 is 15.4 Å². The van der Waals surface area contributed by atoms with Crippen molar-refractivity contribution in [3.8, 4) is 17.0 Å². The molecule has 0 spiro atoms. The maximum atomic E-state index is 14.7. The molecule has 0 radical (unpaired) electrons. The highest BCUT2D eigenvalue weighted by molar-refractivity contribution is 5.96. The Morgan fingerprint density at radius 3 is 2.35 bits per heavy atom. The van der Waals surface area contributed by atoms with E-state index in [0.717, 1.165) is 30.5 Å². The minimum Gasteiger partial charge on any atom is -0.494 e. The lowest BCUT2D eigenvalue weighted by molar-refractivity contribution is -0.137. The number of hydrogen-bond acceptors (Lipinski definition) is 7. The second-order valence-electron chi connectivity index (χ2n) is 9.07. The van der Waals surface area contributed by atoms with Crippen LogP contribution in [0.25, 0.3) is 16.9 Å². The Bertz CT molecular complexity index is 1510. The number of rotatable bonds is 10. The first-order valence-electron chi connectivity index (χ1n) is 14.3. The number of aromatic nitrogens is 3. The van der Waals surface area contributed by atoms with Crippen LogP contribution in [0.1, 0.15) is 69.8 Å². The Morgan fingerprint density at radius 2 is 1.72 bits per heavy atom. The van der Waals surface area contributed by atoms with Gasteiger partial charge in [0.05, 0.1) is 26.1 Å². The molecule has 0 atom stereocenters. The number of halogens is 2. The fourth-order valence-corrected chi connectivity index (χ4v) is 4.09. The second kappa shape index (κ2) is 17.4. The van der Waals surface area contributed by atoms with Gasteiger partial charge in [-0.2, -0.15) is 4.39 Å². The highest BCUT2D eigenvalue weighted by Crippen LogP contribution is 2.31. The standard InChI is InChI=1S/C27H29F2N5O2.C3H6O2.C2H6/c1-4-6-7-12-31-27(35)19-9-8-18(15-17(19)5-2)33-25-26-32-16-21(34(26)14-13-30-25)20-10-11-22(36-3)24(29)23(20)28;1-3(4)5-2;1-2/h8-11,13-16H,4-7,12H2,1-3H3,(H,30,33)(H,31,35);1-2H3;1-2H3. The molecule has 0 saturated heterocycles. The van der Waals surface area contributed by atoms with E-state index in [-0.39, 0.29) is 23.2 Å². The van der Waals surface area contributed by atoms with Crippen LogP contribution in [0.4, 0.5) is 20.3 Å². The number of unbranched alkanes of at least 4 members (excludes halogenated alkanes) is 2. The number of anilines is 2. The van der Waals surface area contributed by atoms with Crippen molar-refractivity contribution < 1.29 is 27.8 Å². The molecular formula is C32H41F2N5O4. The quantitative estimate of drug-likeness (QED) is 0.148. The molecule has 43 heavy (non-hydrogen) atoms. The molecular weight excluding hydrogens is 556 g/mol. The summed E-state index contributed by atoms with van der Waals surface area (Å²) in [5.74, 6) is -2.13. The number of hydrogen-bond donors (Lipinski definition) is 2. The number of carbonyl (C=O) groups is 2. The lowest BCUT2D eigenvalue weighted by Gasteiger charge is -2.13. The van der Waals surface area contributed by atoms with Gasteiger partial charge in [0.2, 0.25) is 5.82 Å². The molecule has 11 heteroatoms. The number of amides is 1. The van der Waals surface area contributed by atoms with Gasteiger partial charge in [-0.05, 0) is 48.7 Å². The summed E-state index contributed by atoms with van der Waals surface area (Å²) in [5, 5.41) is 6.23. The molecule has 0 aliphatic heterocycles. The van der Waals surface area contributed by atoms with Gasteiger partial charge in [-0.1, -0.05) is 40.5 Å². The number of esters is 1. The molecule has 0 fully saturated rings. The van der Waals surface area contributed by atoms with Gasteiger partial charge in [0, 0.05) is 42.7 Å². The molecule has 2 N–H and O–H groups in total. The average Bonchev–Trinajstić information content (AvgIpc) is 3.46. The van der Waals surface area contributed by atoms with Crippen LogP contribution in [-0.4, -0.2) is 47.0 Å². The van der Waals surface area contributed by atoms with Gasteiger partial charge >= 0.3 is 5.97 Å². The third-order valence-corrected chi connectivity index (χ3v) is 6.32. The van der Waals surface area contributed by atoms with Gasteiger partial charge < -0.3 is 20.1 Å². The summed E-state index contributed by atoms with van der Waals surface area (Å²) in [4.78, 5) is 31.0. The summed E-state index contributed by atoms with van der Waals surface area (Å²) in [6.07, 6.45) is 8.47. The van der Waals surface area contributed by atoms with Crippen LogP contribution in [-0.2, 0) is 16.0 Å². The number of nitrogens with zero attached hydrogens (tertiary/aromatic N) is 3. The van der Waals surface area contributed by atoms with Crippen LogP contribution in [0.15, 0.2) is 48.9 Å². The van der Waals surface area contributed by atoms with Crippen LogP contribution in [0.2, 0.25) is 0 Å². The van der Waals surface area contributed by atoms with Gasteiger partial charge in [-0.15, -0.1) is 0 Å². The van der Waals surface area contributed by atoms with Crippen molar-refractivity contribution in [2.24, 2.45) is 0 Å². The van der Waals surface area contributed by atoms with Crippen molar-refractivity contribution in [1.82, 2.24) is 19.7 Å². The number of benzene rings is 2. The van der Waals surface area contributed by atoms with Crippen molar-refractivity contribution in [3.05, 3.63) is 71.7 Å². The van der Waals surface area contributed by atoms with E-state index in [0.29, 0.717) is 35.7 Å². The van der Waals surface area contributed by atoms with Crippen LogP contribution in [0.5, 0.6) is 5.75 Å². The SMILES string of the molecule is CC.CCCCCNC(=O)c1ccc(Nc2nccn3c(-c4ccc(OC)c(F)c4F)cnc23)cc1CC.COC(C)=O. The first kappa shape index (κ1) is 34.7. The molecule has 0 aliphatic carbocycles. The number of aryl methyl sites for hydroxylation is 1. The van der Waals surface area contributed by atoms with Crippen molar-refractivity contribution in [3.63, 3.8) is 0 Å². The van der Waals surface area contributed by atoms with Crippen LogP contribution in [0, 0.1) is 11.6 Å². The van der Waals surface area contributed by atoms with Gasteiger partial charge in [0.15, 0.2) is 23.0 Å². The molecule has 4 aromatic rings. The minimum atomic E-state index is -1.06. The summed E-state index contributed by atoms with van der Waals surface area (Å²) in [5.41, 5.74) is 3.16. The predicted molar refractivity (Wildman–Crippen MR) is 165 cm³/mol. The summed E-state index contributed by atoms with van der Waals surface area (Å²) >= 11 is 0. The molecule has 4 rings (SSSR count). The molecule has 0 bridgehead atoms. The van der Waals surface area contributed by atoms with E-state index < -0.39 is 11.6 Å². The summed E-state index contributed by atoms with van der Waals surface area (Å²) < 4.78 is 39.6. The number of methoxy groups -OCH3 is 2. The Morgan fingerprint density at radius 1 is 1.00 bits per heavy atom. The number of imidazole rings is 1. The predicted octanol–water partition coefficient (Wildman–Crippen LogP) is 7.11. The summed E-state index contributed by atoms with van der Waals surface area (Å²) in [6, 6.07) is 8.35. The van der Waals surface area contributed by atoms with E-state index in [1.165, 1.54) is 39.5 Å². The second-order valence-corrected chi connectivity index (χ2v) is 9.07. The van der Waals surface area contributed by atoms with E-state index in [1.807, 2.05) is 32.9 Å². The first-order valence-corrected chi connectivity index (χ1v) is 14.3. The monoisotopic (exact) mass is 597 g/mol. The minimum absolute atomic E-state index is 0.0560. The Labute approximate surface area is 251 Å². The normalized spacial score (nSPS) is 10.2. The van der Waals surface area contributed by atoms with Crippen LogP contribution in [0.3, 0.4) is 0 Å². The lowest BCUT2D eigenvalue weighted by Crippen LogP contribution is -2.25. The Kier molecular flexibility index (Phi) is 14.0. The van der Waals surface area contributed by atoms with E-state index in [2.05, 4.69) is 32.3 Å². The zero-order chi connectivity index (χ0) is 31.9. The summed E-state index contributed by atoms with van der Waals surface area (Å²) in [6.45, 7) is 10.1. The zero-order valence-corrected chi connectivity index (χ0v) is 25.9. The molecule has 232 valence electrons. The fraction of sp³-hybridized carbons (Fsp3) is 0.375. The van der Waals surface area contributed by atoms with Crippen LogP contribution >= 0.6 is 0 Å². The fourth-order valence-electron chi connectivity index (χ4n) is 4.09. The lowest BCUT2D eigenvalue weighted by atomic mass is 10.0. The number of carbonyl (C=O) groups excluding carboxylic acids is 2. The maximum absolute atomic E-state index is 14.7. The highest BCUT2D eigenvalue weighted by Gasteiger charge is 2.19. The van der Waals surface area contributed by atoms with E-state index in [4.69, 9.17) is 4.74 Å². The molecule has 1 amide bonds. The zero-order valence-electron chi connectivity index (χ0n) is 25.9. The van der Waals surface area contributed by atoms with Crippen molar-refractivity contribution >= 4 is 29.0 Å². The van der Waals surface area contributed by atoms with Crippen molar-refractivity contribution in [2.75, 3.05) is 26.1 Å². The van der Waals surface area contributed by atoms with Gasteiger partial charge in [-0.25, -0.2) is 14.4 Å². The third-order valence-electron chi connectivity index (χ3n) is 6.32. The van der Waals surface area contributed by atoms with Gasteiger partial charge in [-0.3, -0.25) is 14.0 Å². The largest absolute Gasteiger partial charge is 0.494 e. The molecule has 2 aromatic carbocycles. The number of nitrogens with one attached hydrogen (secondary N) is 2. The Hall–Kier alpha value is -4.54. The van der Waals surface area contributed by atoms with E-state index in [9.17, 15) is 18.4 Å². The maximum Gasteiger partial charge on any atom is 0.302 e. The van der Waals surface area contributed by atoms with Gasteiger partial charge in [0.25, 0.3) is 5.91 Å². The molecule has 0 saturated carbocycles. The Balaban J connectivity index is 0.000000836. The highest BCUT2D eigenvalue weighted by atomic mass is 19.2. The molecule has 0 aliphatic rings. The average molecular weight is 598 g/mol. The molecule has 2 heterocycles. The first-order chi connectivity index (χ1) is 20.7. The van der Waals surface area contributed by atoms with Gasteiger partial charge in [0.1, 0.15) is 0 Å². The smallest absolute Gasteiger partial charge is 0.302 e. The third kappa shape index (κ3) is 8.97. The molecule has 0 unspecified atom stereocenters. The van der Waals surface area contributed by atoms with E-state index in [1.54, 1.807) is 22.9 Å². The number of fused-ring (bicyclic) bond motifs is 1. The van der Waals surface area contributed by atoms with Crippen molar-refractivity contribution in [2.45, 2.75) is 60.3 Å². The molecule has 2 aromatic heterocycles. The number of ether oxygens (including phenoxy) is 2. The van der Waals surface area contributed by atoms with Crippen molar-refractivity contribution in [1.29, 1.82) is 0 Å².